The highest BCUT2D eigenvalue weighted by Crippen LogP contribution is 2.33. The quantitative estimate of drug-likeness (QED) is 0.698. The fraction of sp³-hybridized carbons (Fsp3) is 0.273. The molecule has 0 saturated heterocycles. The Kier molecular flexibility index (Phi) is 4.56. The number of hydrogen-bond donors (Lipinski definition) is 1. The highest BCUT2D eigenvalue weighted by Gasteiger charge is 2.23. The molecule has 1 aromatic heterocycles. The second-order valence-corrected chi connectivity index (χ2v) is 7.47. The number of aromatic nitrogens is 1. The van der Waals surface area contributed by atoms with Crippen LogP contribution in [-0.2, 0) is 16.6 Å². The van der Waals surface area contributed by atoms with Crippen LogP contribution in [0.5, 0.6) is 0 Å². The molecule has 0 bridgehead atoms. The minimum atomic E-state index is -0.333. The van der Waals surface area contributed by atoms with E-state index in [1.165, 1.54) is 12.7 Å². The molecule has 0 aliphatic carbocycles. The summed E-state index contributed by atoms with van der Waals surface area (Å²) < 4.78 is 4.82. The monoisotopic (exact) mass is 346 g/mol. The topological polar surface area (TPSA) is 65.9 Å². The second-order valence-electron chi connectivity index (χ2n) is 7.47. The first-order chi connectivity index (χ1) is 12.3. The maximum absolute atomic E-state index is 11.8. The Morgan fingerprint density at radius 2 is 1.96 bits per heavy atom. The normalized spacial score (nSPS) is 11.3. The van der Waals surface area contributed by atoms with Crippen molar-refractivity contribution in [3.63, 3.8) is 0 Å². The van der Waals surface area contributed by atoms with Crippen molar-refractivity contribution >= 4 is 16.9 Å². The Morgan fingerprint density at radius 3 is 2.62 bits per heavy atom. The number of esters is 1. The average Bonchev–Trinajstić information content (AvgIpc) is 2.99. The van der Waals surface area contributed by atoms with E-state index in [0.717, 1.165) is 22.2 Å². The van der Waals surface area contributed by atoms with Gasteiger partial charge in [-0.15, -0.1) is 0 Å². The smallest absolute Gasteiger partial charge is 0.337 e. The third kappa shape index (κ3) is 3.34. The van der Waals surface area contributed by atoms with E-state index < -0.39 is 0 Å². The molecule has 26 heavy (non-hydrogen) atoms. The van der Waals surface area contributed by atoms with Crippen LogP contribution in [0.15, 0.2) is 42.5 Å². The standard InChI is InChI=1S/C22H22N2O2/c1-22(2,3)20-18(17-9-8-15(13-23)12-19(17)24-20)11-14-6-5-7-16(10-14)21(25)26-4/h5-10,12,24H,11H2,1-4H3. The third-order valence-electron chi connectivity index (χ3n) is 4.51. The first-order valence-electron chi connectivity index (χ1n) is 8.56. The van der Waals surface area contributed by atoms with Crippen LogP contribution in [0.4, 0.5) is 0 Å². The number of aromatic amines is 1. The molecule has 3 aromatic rings. The summed E-state index contributed by atoms with van der Waals surface area (Å²) in [4.78, 5) is 15.3. The first kappa shape index (κ1) is 17.8. The maximum atomic E-state index is 11.8. The van der Waals surface area contributed by atoms with Crippen LogP contribution in [0.3, 0.4) is 0 Å². The van der Waals surface area contributed by atoms with Crippen molar-refractivity contribution in [1.29, 1.82) is 5.26 Å². The number of rotatable bonds is 3. The van der Waals surface area contributed by atoms with Gasteiger partial charge in [0.05, 0.1) is 24.3 Å². The van der Waals surface area contributed by atoms with Crippen LogP contribution in [0.1, 0.15) is 53.5 Å². The predicted molar refractivity (Wildman–Crippen MR) is 102 cm³/mol. The Bertz CT molecular complexity index is 1020. The van der Waals surface area contributed by atoms with Crippen LogP contribution in [0.25, 0.3) is 10.9 Å². The molecule has 0 atom stereocenters. The summed E-state index contributed by atoms with van der Waals surface area (Å²) in [6.45, 7) is 6.49. The number of methoxy groups -OCH3 is 1. The largest absolute Gasteiger partial charge is 0.465 e. The second kappa shape index (κ2) is 6.68. The molecule has 0 aliphatic heterocycles. The number of nitriles is 1. The molecule has 2 aromatic carbocycles. The zero-order valence-electron chi connectivity index (χ0n) is 15.5. The predicted octanol–water partition coefficient (Wildman–Crippen LogP) is 4.71. The molecule has 0 aliphatic rings. The van der Waals surface area contributed by atoms with Crippen LogP contribution in [0.2, 0.25) is 0 Å². The summed E-state index contributed by atoms with van der Waals surface area (Å²) >= 11 is 0. The van der Waals surface area contributed by atoms with Gasteiger partial charge in [-0.1, -0.05) is 39.0 Å². The zero-order chi connectivity index (χ0) is 18.9. The number of H-pyrrole nitrogens is 1. The van der Waals surface area contributed by atoms with E-state index in [2.05, 4.69) is 31.8 Å². The van der Waals surface area contributed by atoms with E-state index in [9.17, 15) is 4.79 Å². The van der Waals surface area contributed by atoms with Crippen LogP contribution in [0, 0.1) is 11.3 Å². The number of hydrogen-bond acceptors (Lipinski definition) is 3. The number of nitrogens with one attached hydrogen (secondary N) is 1. The summed E-state index contributed by atoms with van der Waals surface area (Å²) in [5.41, 5.74) is 5.47. The van der Waals surface area contributed by atoms with Crippen LogP contribution in [-0.4, -0.2) is 18.1 Å². The molecule has 0 fully saturated rings. The number of carbonyl (C=O) groups excluding carboxylic acids is 1. The Balaban J connectivity index is 2.12. The molecule has 0 spiro atoms. The summed E-state index contributed by atoms with van der Waals surface area (Å²) in [5.74, 6) is -0.333. The van der Waals surface area contributed by atoms with Gasteiger partial charge in [0.25, 0.3) is 0 Å². The van der Waals surface area contributed by atoms with E-state index >= 15 is 0 Å². The summed E-state index contributed by atoms with van der Waals surface area (Å²) in [5, 5.41) is 10.3. The van der Waals surface area contributed by atoms with Crippen LogP contribution >= 0.6 is 0 Å². The van der Waals surface area contributed by atoms with Gasteiger partial charge in [-0.2, -0.15) is 5.26 Å². The van der Waals surface area contributed by atoms with E-state index in [1.54, 1.807) is 6.07 Å². The Labute approximate surface area is 153 Å². The van der Waals surface area contributed by atoms with Gasteiger partial charge in [0.1, 0.15) is 0 Å². The molecular weight excluding hydrogens is 324 g/mol. The van der Waals surface area contributed by atoms with Gasteiger partial charge in [-0.3, -0.25) is 0 Å². The van der Waals surface area contributed by atoms with E-state index in [0.29, 0.717) is 17.5 Å². The molecular formula is C22H22N2O2. The average molecular weight is 346 g/mol. The lowest BCUT2D eigenvalue weighted by Crippen LogP contribution is -2.14. The minimum absolute atomic E-state index is 0.0683. The van der Waals surface area contributed by atoms with E-state index in [-0.39, 0.29) is 11.4 Å². The van der Waals surface area contributed by atoms with Gasteiger partial charge < -0.3 is 9.72 Å². The van der Waals surface area contributed by atoms with E-state index in [4.69, 9.17) is 10.00 Å². The minimum Gasteiger partial charge on any atom is -0.465 e. The van der Waals surface area contributed by atoms with Gasteiger partial charge in [-0.25, -0.2) is 4.79 Å². The summed E-state index contributed by atoms with van der Waals surface area (Å²) in [7, 11) is 1.39. The molecule has 4 nitrogen and oxygen atoms in total. The van der Waals surface area contributed by atoms with Gasteiger partial charge in [0.15, 0.2) is 0 Å². The van der Waals surface area contributed by atoms with Gasteiger partial charge in [0, 0.05) is 22.0 Å². The maximum Gasteiger partial charge on any atom is 0.337 e. The number of carbonyl (C=O) groups is 1. The number of benzene rings is 2. The van der Waals surface area contributed by atoms with Crippen molar-refractivity contribution in [2.75, 3.05) is 7.11 Å². The molecule has 0 unspecified atom stereocenters. The number of ether oxygens (including phenoxy) is 1. The molecule has 0 amide bonds. The van der Waals surface area contributed by atoms with Crippen LogP contribution < -0.4 is 0 Å². The van der Waals surface area contributed by atoms with Gasteiger partial charge >= 0.3 is 5.97 Å². The molecule has 1 N–H and O–H groups in total. The Morgan fingerprint density at radius 1 is 1.19 bits per heavy atom. The zero-order valence-corrected chi connectivity index (χ0v) is 15.5. The highest BCUT2D eigenvalue weighted by atomic mass is 16.5. The lowest BCUT2D eigenvalue weighted by Gasteiger charge is -2.19. The van der Waals surface area contributed by atoms with Crippen molar-refractivity contribution in [2.24, 2.45) is 0 Å². The molecule has 0 radical (unpaired) electrons. The fourth-order valence-corrected chi connectivity index (χ4v) is 3.28. The van der Waals surface area contributed by atoms with Gasteiger partial charge in [0.2, 0.25) is 0 Å². The summed E-state index contributed by atoms with van der Waals surface area (Å²) in [6.07, 6.45) is 0.698. The first-order valence-corrected chi connectivity index (χ1v) is 8.56. The lowest BCUT2D eigenvalue weighted by atomic mass is 9.86. The SMILES string of the molecule is COC(=O)c1cccc(Cc2c(C(C)(C)C)[nH]c3cc(C#N)ccc23)c1. The number of nitrogens with zero attached hydrogens (tertiary/aromatic N) is 1. The van der Waals surface area contributed by atoms with Crippen molar-refractivity contribution < 1.29 is 9.53 Å². The van der Waals surface area contributed by atoms with Crippen molar-refractivity contribution in [2.45, 2.75) is 32.6 Å². The third-order valence-corrected chi connectivity index (χ3v) is 4.51. The lowest BCUT2D eigenvalue weighted by molar-refractivity contribution is 0.0600. The molecule has 1 heterocycles. The highest BCUT2D eigenvalue weighted by molar-refractivity contribution is 5.90. The van der Waals surface area contributed by atoms with Crippen molar-refractivity contribution in [3.05, 3.63) is 70.4 Å². The van der Waals surface area contributed by atoms with Crippen molar-refractivity contribution in [1.82, 2.24) is 4.98 Å². The molecule has 0 saturated carbocycles. The van der Waals surface area contributed by atoms with Gasteiger partial charge in [-0.05, 0) is 41.8 Å². The van der Waals surface area contributed by atoms with Crippen molar-refractivity contribution in [3.8, 4) is 6.07 Å². The fourth-order valence-electron chi connectivity index (χ4n) is 3.28. The number of fused-ring (bicyclic) bond motifs is 1. The molecule has 132 valence electrons. The summed E-state index contributed by atoms with van der Waals surface area (Å²) in [6, 6.07) is 15.4. The molecule has 4 heteroatoms. The van der Waals surface area contributed by atoms with E-state index in [1.807, 2.05) is 36.4 Å². The molecule has 3 rings (SSSR count). The Hall–Kier alpha value is -3.06.